The largest absolute Gasteiger partial charge is 0.395 e. The maximum atomic E-state index is 8.97. The number of benzene rings is 1. The molecule has 118 valence electrons. The van der Waals surface area contributed by atoms with E-state index in [0.29, 0.717) is 0 Å². The fourth-order valence-electron chi connectivity index (χ4n) is 2.78. The number of aliphatic hydroxyl groups excluding tert-OH is 1. The van der Waals surface area contributed by atoms with Crippen LogP contribution in [0, 0.1) is 6.92 Å². The summed E-state index contributed by atoms with van der Waals surface area (Å²) in [7, 11) is 0. The molecule has 2 aromatic rings. The zero-order valence-corrected chi connectivity index (χ0v) is 13.0. The van der Waals surface area contributed by atoms with E-state index in [9.17, 15) is 0 Å². The van der Waals surface area contributed by atoms with Crippen LogP contribution in [0.2, 0.25) is 0 Å². The number of β-amino-alcohol motifs (C(OH)–C–C–N with tert-alkyl or cyclic N) is 1. The Labute approximate surface area is 131 Å². The van der Waals surface area contributed by atoms with Crippen molar-refractivity contribution >= 4 is 0 Å². The minimum atomic E-state index is 0.238. The van der Waals surface area contributed by atoms with Crippen LogP contribution in [-0.2, 0) is 6.54 Å². The van der Waals surface area contributed by atoms with Gasteiger partial charge >= 0.3 is 0 Å². The average Bonchev–Trinajstić information content (AvgIpc) is 2.99. The quantitative estimate of drug-likeness (QED) is 0.912. The van der Waals surface area contributed by atoms with Gasteiger partial charge in [-0.25, -0.2) is 0 Å². The summed E-state index contributed by atoms with van der Waals surface area (Å²) in [5.41, 5.74) is 3.23. The second kappa shape index (κ2) is 7.05. The van der Waals surface area contributed by atoms with Gasteiger partial charge in [0.1, 0.15) is 5.69 Å². The Morgan fingerprint density at radius 1 is 1.09 bits per heavy atom. The summed E-state index contributed by atoms with van der Waals surface area (Å²) in [5, 5.41) is 13.2. The van der Waals surface area contributed by atoms with Crippen LogP contribution >= 0.6 is 0 Å². The molecule has 0 bridgehead atoms. The minimum absolute atomic E-state index is 0.238. The van der Waals surface area contributed by atoms with Crippen molar-refractivity contribution in [1.82, 2.24) is 15.0 Å². The molecule has 1 saturated heterocycles. The van der Waals surface area contributed by atoms with Crippen LogP contribution in [0.25, 0.3) is 11.3 Å². The van der Waals surface area contributed by atoms with Crippen LogP contribution in [0.1, 0.15) is 11.3 Å². The molecular formula is C17H23N3O2. The first-order valence-corrected chi connectivity index (χ1v) is 7.83. The number of aromatic nitrogens is 1. The summed E-state index contributed by atoms with van der Waals surface area (Å²) in [6.45, 7) is 7.89. The van der Waals surface area contributed by atoms with Gasteiger partial charge in [-0.15, -0.1) is 0 Å². The Balaban J connectivity index is 1.57. The van der Waals surface area contributed by atoms with Gasteiger partial charge in [-0.05, 0) is 6.92 Å². The highest BCUT2D eigenvalue weighted by molar-refractivity contribution is 5.59. The first kappa shape index (κ1) is 15.2. The molecule has 1 aromatic heterocycles. The molecule has 1 fully saturated rings. The number of hydrogen-bond donors (Lipinski definition) is 1. The highest BCUT2D eigenvalue weighted by Crippen LogP contribution is 2.20. The van der Waals surface area contributed by atoms with E-state index >= 15 is 0 Å². The summed E-state index contributed by atoms with van der Waals surface area (Å²) >= 11 is 0. The lowest BCUT2D eigenvalue weighted by molar-refractivity contribution is 0.102. The Kier molecular flexibility index (Phi) is 4.87. The molecule has 0 amide bonds. The Morgan fingerprint density at radius 2 is 1.77 bits per heavy atom. The zero-order chi connectivity index (χ0) is 15.4. The van der Waals surface area contributed by atoms with E-state index in [-0.39, 0.29) is 6.61 Å². The first-order chi connectivity index (χ1) is 10.7. The Hall–Kier alpha value is -1.69. The molecule has 22 heavy (non-hydrogen) atoms. The summed E-state index contributed by atoms with van der Waals surface area (Å²) in [6.07, 6.45) is 0. The third-order valence-electron chi connectivity index (χ3n) is 4.17. The van der Waals surface area contributed by atoms with Gasteiger partial charge in [0.15, 0.2) is 5.76 Å². The van der Waals surface area contributed by atoms with Crippen LogP contribution in [0.4, 0.5) is 0 Å². The molecular weight excluding hydrogens is 278 g/mol. The third kappa shape index (κ3) is 3.74. The van der Waals surface area contributed by atoms with Crippen LogP contribution in [0.15, 0.2) is 34.9 Å². The smallest absolute Gasteiger partial charge is 0.151 e. The van der Waals surface area contributed by atoms with Gasteiger partial charge in [0.25, 0.3) is 0 Å². The van der Waals surface area contributed by atoms with Crippen molar-refractivity contribution in [2.45, 2.75) is 13.5 Å². The second-order valence-corrected chi connectivity index (χ2v) is 5.89. The molecule has 0 atom stereocenters. The van der Waals surface area contributed by atoms with Crippen LogP contribution < -0.4 is 0 Å². The van der Waals surface area contributed by atoms with E-state index in [0.717, 1.165) is 56.3 Å². The molecule has 5 heteroatoms. The zero-order valence-electron chi connectivity index (χ0n) is 13.0. The van der Waals surface area contributed by atoms with Gasteiger partial charge in [0, 0.05) is 44.4 Å². The van der Waals surface area contributed by atoms with E-state index < -0.39 is 0 Å². The number of nitrogens with zero attached hydrogens (tertiary/aromatic N) is 3. The minimum Gasteiger partial charge on any atom is -0.395 e. The monoisotopic (exact) mass is 301 g/mol. The average molecular weight is 301 g/mol. The maximum absolute atomic E-state index is 8.97. The lowest BCUT2D eigenvalue weighted by Crippen LogP contribution is -2.46. The number of aryl methyl sites for hydroxylation is 1. The highest BCUT2D eigenvalue weighted by atomic mass is 16.5. The Morgan fingerprint density at radius 3 is 2.45 bits per heavy atom. The predicted molar refractivity (Wildman–Crippen MR) is 85.5 cm³/mol. The third-order valence-corrected chi connectivity index (χ3v) is 4.17. The molecule has 3 rings (SSSR count). The number of rotatable bonds is 5. The van der Waals surface area contributed by atoms with Gasteiger partial charge in [-0.2, -0.15) is 0 Å². The molecule has 0 aliphatic carbocycles. The molecule has 1 aliphatic heterocycles. The standard InChI is InChI=1S/C17H23N3O2/c1-14-2-4-15(5-3-14)17-12-16(22-18-17)13-20-8-6-19(7-9-20)10-11-21/h2-5,12,21H,6-11,13H2,1H3. The predicted octanol–water partition coefficient (Wildman–Crippen LogP) is 1.76. The number of hydrogen-bond acceptors (Lipinski definition) is 5. The molecule has 0 radical (unpaired) electrons. The Bertz CT molecular complexity index is 586. The van der Waals surface area contributed by atoms with Gasteiger partial charge in [-0.1, -0.05) is 35.0 Å². The molecule has 1 aromatic carbocycles. The van der Waals surface area contributed by atoms with Crippen molar-refractivity contribution in [2.24, 2.45) is 0 Å². The summed E-state index contributed by atoms with van der Waals surface area (Å²) in [6, 6.07) is 10.4. The van der Waals surface area contributed by atoms with E-state index in [4.69, 9.17) is 9.63 Å². The fraction of sp³-hybridized carbons (Fsp3) is 0.471. The van der Waals surface area contributed by atoms with Crippen molar-refractivity contribution < 1.29 is 9.63 Å². The summed E-state index contributed by atoms with van der Waals surface area (Å²) in [5.74, 6) is 0.909. The van der Waals surface area contributed by atoms with Gasteiger partial charge < -0.3 is 9.63 Å². The molecule has 2 heterocycles. The van der Waals surface area contributed by atoms with Crippen LogP contribution in [-0.4, -0.2) is 59.4 Å². The normalized spacial score (nSPS) is 17.0. The molecule has 1 N–H and O–H groups in total. The molecule has 0 saturated carbocycles. The fourth-order valence-corrected chi connectivity index (χ4v) is 2.78. The first-order valence-electron chi connectivity index (χ1n) is 7.83. The van der Waals surface area contributed by atoms with Crippen LogP contribution in [0.3, 0.4) is 0 Å². The maximum Gasteiger partial charge on any atom is 0.151 e. The van der Waals surface area contributed by atoms with Crippen molar-refractivity contribution in [3.8, 4) is 11.3 Å². The molecule has 0 spiro atoms. The van der Waals surface area contributed by atoms with Gasteiger partial charge in [-0.3, -0.25) is 9.80 Å². The van der Waals surface area contributed by atoms with E-state index in [1.165, 1.54) is 5.56 Å². The van der Waals surface area contributed by atoms with Gasteiger partial charge in [0.2, 0.25) is 0 Å². The topological polar surface area (TPSA) is 52.7 Å². The lowest BCUT2D eigenvalue weighted by atomic mass is 10.1. The molecule has 5 nitrogen and oxygen atoms in total. The van der Waals surface area contributed by atoms with E-state index in [1.54, 1.807) is 0 Å². The van der Waals surface area contributed by atoms with E-state index in [2.05, 4.69) is 46.1 Å². The molecule has 0 unspecified atom stereocenters. The van der Waals surface area contributed by atoms with Crippen molar-refractivity contribution in [3.05, 3.63) is 41.7 Å². The van der Waals surface area contributed by atoms with Gasteiger partial charge in [0.05, 0.1) is 13.2 Å². The number of piperazine rings is 1. The summed E-state index contributed by atoms with van der Waals surface area (Å²) in [4.78, 5) is 4.65. The van der Waals surface area contributed by atoms with Crippen molar-refractivity contribution in [2.75, 3.05) is 39.3 Å². The van der Waals surface area contributed by atoms with Crippen LogP contribution in [0.5, 0.6) is 0 Å². The lowest BCUT2D eigenvalue weighted by Gasteiger charge is -2.33. The SMILES string of the molecule is Cc1ccc(-c2cc(CN3CCN(CCO)CC3)on2)cc1. The second-order valence-electron chi connectivity index (χ2n) is 5.89. The van der Waals surface area contributed by atoms with E-state index in [1.807, 2.05) is 6.07 Å². The van der Waals surface area contributed by atoms with Crippen molar-refractivity contribution in [3.63, 3.8) is 0 Å². The molecule has 1 aliphatic rings. The highest BCUT2D eigenvalue weighted by Gasteiger charge is 2.18. The van der Waals surface area contributed by atoms with Crippen molar-refractivity contribution in [1.29, 1.82) is 0 Å². The summed E-state index contributed by atoms with van der Waals surface area (Å²) < 4.78 is 5.48. The number of aliphatic hydroxyl groups is 1.